The molecule has 2 unspecified atom stereocenters. The standard InChI is InChI=1S/C12H10F17NO3S/c1-2-30(34(32)33)4(3-31)5(13,14)6(15,16)7(17,18)8(19,20)9(21,22)10(23,24)11(25,26)12(27,28)29/h4,31H,2-3H2,1H3,(H,32,33). The Kier molecular flexibility index (Phi) is 8.74. The lowest BCUT2D eigenvalue weighted by Crippen LogP contribution is -2.76. The Labute approximate surface area is 179 Å². The lowest BCUT2D eigenvalue weighted by molar-refractivity contribution is -0.463. The van der Waals surface area contributed by atoms with E-state index in [1.165, 1.54) is 0 Å². The van der Waals surface area contributed by atoms with E-state index in [4.69, 9.17) is 9.66 Å². The van der Waals surface area contributed by atoms with Crippen molar-refractivity contribution in [1.82, 2.24) is 4.31 Å². The molecule has 0 heterocycles. The molecule has 0 fully saturated rings. The summed E-state index contributed by atoms with van der Waals surface area (Å²) in [5.41, 5.74) is 0. The molecule has 0 aromatic heterocycles. The zero-order chi connectivity index (χ0) is 28.1. The second-order valence-corrected chi connectivity index (χ2v) is 7.16. The molecule has 0 radical (unpaired) electrons. The lowest BCUT2D eigenvalue weighted by Gasteiger charge is -2.44. The maximum atomic E-state index is 14.0. The number of hydrogen-bond acceptors (Lipinski definition) is 2. The number of likely N-dealkylation sites (N-methyl/N-ethyl adjacent to an activating group) is 1. The van der Waals surface area contributed by atoms with Crippen LogP contribution in [0.15, 0.2) is 0 Å². The van der Waals surface area contributed by atoms with E-state index in [2.05, 4.69) is 0 Å². The van der Waals surface area contributed by atoms with E-state index in [-0.39, 0.29) is 0 Å². The van der Waals surface area contributed by atoms with Gasteiger partial charge in [0, 0.05) is 6.54 Å². The van der Waals surface area contributed by atoms with Crippen LogP contribution in [0.25, 0.3) is 0 Å². The molecule has 0 amide bonds. The summed E-state index contributed by atoms with van der Waals surface area (Å²) in [5.74, 6) is -58.1. The summed E-state index contributed by atoms with van der Waals surface area (Å²) >= 11 is -3.88. The fraction of sp³-hybridized carbons (Fsp3) is 1.00. The van der Waals surface area contributed by atoms with Crippen molar-refractivity contribution in [1.29, 1.82) is 0 Å². The molecule has 0 aliphatic heterocycles. The molecular formula is C12H10F17NO3S. The van der Waals surface area contributed by atoms with Gasteiger partial charge in [0.05, 0.1) is 6.61 Å². The van der Waals surface area contributed by atoms with Gasteiger partial charge in [0.1, 0.15) is 6.04 Å². The van der Waals surface area contributed by atoms with Crippen molar-refractivity contribution >= 4 is 11.3 Å². The van der Waals surface area contributed by atoms with E-state index in [0.29, 0.717) is 6.92 Å². The van der Waals surface area contributed by atoms with Crippen molar-refractivity contribution in [2.75, 3.05) is 13.2 Å². The van der Waals surface area contributed by atoms with E-state index in [0.717, 1.165) is 0 Å². The zero-order valence-electron chi connectivity index (χ0n) is 15.6. The second kappa shape index (κ2) is 9.05. The summed E-state index contributed by atoms with van der Waals surface area (Å²) < 4.78 is 243. The third kappa shape index (κ3) is 4.31. The van der Waals surface area contributed by atoms with E-state index in [1.54, 1.807) is 0 Å². The van der Waals surface area contributed by atoms with Crippen LogP contribution in [0, 0.1) is 0 Å². The number of halogens is 17. The van der Waals surface area contributed by atoms with Crippen LogP contribution in [0.3, 0.4) is 0 Å². The first-order valence-electron chi connectivity index (χ1n) is 7.79. The van der Waals surface area contributed by atoms with E-state index >= 15 is 0 Å². The normalized spacial score (nSPS) is 17.8. The Morgan fingerprint density at radius 3 is 1.18 bits per heavy atom. The van der Waals surface area contributed by atoms with E-state index < -0.39 is 82.4 Å². The number of hydrogen-bond donors (Lipinski definition) is 2. The summed E-state index contributed by atoms with van der Waals surface area (Å²) in [6, 6.07) is -4.11. The van der Waals surface area contributed by atoms with Crippen molar-refractivity contribution in [2.24, 2.45) is 0 Å². The smallest absolute Gasteiger partial charge is 0.394 e. The highest BCUT2D eigenvalue weighted by Gasteiger charge is 2.95. The summed E-state index contributed by atoms with van der Waals surface area (Å²) in [6.07, 6.45) is -7.85. The molecule has 2 N–H and O–H groups in total. The highest BCUT2D eigenvalue weighted by molar-refractivity contribution is 7.76. The van der Waals surface area contributed by atoms with Gasteiger partial charge in [-0.05, 0) is 0 Å². The van der Waals surface area contributed by atoms with Gasteiger partial charge in [-0.25, -0.2) is 4.21 Å². The molecule has 0 aliphatic rings. The van der Waals surface area contributed by atoms with E-state index in [1.807, 2.05) is 0 Å². The van der Waals surface area contributed by atoms with Gasteiger partial charge in [-0.3, -0.25) is 4.55 Å². The average Bonchev–Trinajstić information content (AvgIpc) is 2.63. The average molecular weight is 571 g/mol. The number of aliphatic hydroxyl groups excluding tert-OH is 1. The van der Waals surface area contributed by atoms with Crippen LogP contribution in [0.2, 0.25) is 0 Å². The zero-order valence-corrected chi connectivity index (χ0v) is 16.4. The molecule has 0 aromatic carbocycles. The van der Waals surface area contributed by atoms with Crippen LogP contribution in [-0.4, -0.2) is 85.0 Å². The van der Waals surface area contributed by atoms with Crippen LogP contribution in [0.1, 0.15) is 6.92 Å². The highest BCUT2D eigenvalue weighted by atomic mass is 32.2. The Bertz CT molecular complexity index is 753. The summed E-state index contributed by atoms with van der Waals surface area (Å²) in [4.78, 5) is 0. The Morgan fingerprint density at radius 1 is 0.647 bits per heavy atom. The lowest BCUT2D eigenvalue weighted by atomic mass is 9.87. The van der Waals surface area contributed by atoms with Crippen LogP contribution in [-0.2, 0) is 11.3 Å². The first-order chi connectivity index (χ1) is 14.6. The van der Waals surface area contributed by atoms with Crippen LogP contribution < -0.4 is 0 Å². The monoisotopic (exact) mass is 571 g/mol. The van der Waals surface area contributed by atoms with Gasteiger partial charge in [-0.2, -0.15) is 78.9 Å². The minimum Gasteiger partial charge on any atom is -0.394 e. The Balaban J connectivity index is 6.96. The third-order valence-electron chi connectivity index (χ3n) is 4.20. The van der Waals surface area contributed by atoms with Gasteiger partial charge in [-0.15, -0.1) is 0 Å². The maximum absolute atomic E-state index is 14.0. The van der Waals surface area contributed by atoms with Crippen LogP contribution in [0.4, 0.5) is 74.6 Å². The van der Waals surface area contributed by atoms with Crippen molar-refractivity contribution in [2.45, 2.75) is 60.6 Å². The second-order valence-electron chi connectivity index (χ2n) is 6.23. The van der Waals surface area contributed by atoms with Crippen molar-refractivity contribution in [3.63, 3.8) is 0 Å². The summed E-state index contributed by atoms with van der Waals surface area (Å²) in [5, 5.41) is 8.70. The first kappa shape index (κ1) is 32.8. The van der Waals surface area contributed by atoms with Gasteiger partial charge < -0.3 is 5.11 Å². The molecule has 0 aliphatic carbocycles. The molecule has 2 atom stereocenters. The minimum atomic E-state index is -8.78. The third-order valence-corrected chi connectivity index (χ3v) is 5.11. The molecule has 22 heteroatoms. The quantitative estimate of drug-likeness (QED) is 0.277. The molecule has 206 valence electrons. The predicted molar refractivity (Wildman–Crippen MR) is 74.7 cm³/mol. The maximum Gasteiger partial charge on any atom is 0.460 e. The molecule has 0 saturated heterocycles. The van der Waals surface area contributed by atoms with Crippen LogP contribution >= 0.6 is 0 Å². The molecule has 34 heavy (non-hydrogen) atoms. The molecule has 0 bridgehead atoms. The van der Waals surface area contributed by atoms with Crippen molar-refractivity contribution in [3.8, 4) is 0 Å². The van der Waals surface area contributed by atoms with Crippen molar-refractivity contribution < 1.29 is 88.5 Å². The van der Waals surface area contributed by atoms with Gasteiger partial charge >= 0.3 is 47.6 Å². The van der Waals surface area contributed by atoms with Gasteiger partial charge in [0.25, 0.3) is 0 Å². The fourth-order valence-corrected chi connectivity index (χ4v) is 2.85. The fourth-order valence-electron chi connectivity index (χ4n) is 2.21. The summed E-state index contributed by atoms with van der Waals surface area (Å²) in [7, 11) is 0. The van der Waals surface area contributed by atoms with Gasteiger partial charge in [0.15, 0.2) is 0 Å². The topological polar surface area (TPSA) is 60.8 Å². The number of alkyl halides is 17. The van der Waals surface area contributed by atoms with Crippen molar-refractivity contribution in [3.05, 3.63) is 0 Å². The molecule has 0 spiro atoms. The Morgan fingerprint density at radius 2 is 0.941 bits per heavy atom. The molecule has 0 saturated carbocycles. The summed E-state index contributed by atoms with van der Waals surface area (Å²) in [6.45, 7) is -3.37. The SMILES string of the molecule is CCN(C(CO)C(F)(F)C(F)(F)C(F)(F)C(F)(F)C(F)(F)C(F)(F)C(F)(F)C(F)(F)F)S(=O)O. The molecule has 0 rings (SSSR count). The number of rotatable bonds is 11. The van der Waals surface area contributed by atoms with Gasteiger partial charge in [0.2, 0.25) is 11.3 Å². The number of aliphatic hydroxyl groups is 1. The number of nitrogens with zero attached hydrogens (tertiary/aromatic N) is 1. The first-order valence-corrected chi connectivity index (χ1v) is 8.85. The Hall–Kier alpha value is -1.16. The highest BCUT2D eigenvalue weighted by Crippen LogP contribution is 2.64. The minimum absolute atomic E-state index is 0.547. The largest absolute Gasteiger partial charge is 0.460 e. The molecule has 4 nitrogen and oxygen atoms in total. The van der Waals surface area contributed by atoms with E-state index in [9.17, 15) is 78.8 Å². The predicted octanol–water partition coefficient (Wildman–Crippen LogP) is 4.82. The van der Waals surface area contributed by atoms with Gasteiger partial charge in [-0.1, -0.05) is 6.92 Å². The molecule has 0 aromatic rings. The molecular weight excluding hydrogens is 561 g/mol. The van der Waals surface area contributed by atoms with Crippen LogP contribution in [0.5, 0.6) is 0 Å².